The Morgan fingerprint density at radius 2 is 2.08 bits per heavy atom. The Bertz CT molecular complexity index is 791. The Hall–Kier alpha value is -2.39. The van der Waals surface area contributed by atoms with Crippen LogP contribution in [0, 0.1) is 6.92 Å². The number of hydrogen-bond donors (Lipinski definition) is 2. The number of hydrogen-bond acceptors (Lipinski definition) is 7. The highest BCUT2D eigenvalue weighted by molar-refractivity contribution is 8.00. The Morgan fingerprint density at radius 1 is 1.36 bits per heavy atom. The predicted molar refractivity (Wildman–Crippen MR) is 95.5 cm³/mol. The van der Waals surface area contributed by atoms with Crippen LogP contribution >= 0.6 is 23.1 Å². The maximum Gasteiger partial charge on any atom is 0.339 e. The highest BCUT2D eigenvalue weighted by atomic mass is 32.2. The number of nitrogens with two attached hydrogens (primary N) is 1. The van der Waals surface area contributed by atoms with Gasteiger partial charge in [0, 0.05) is 16.8 Å². The van der Waals surface area contributed by atoms with Crippen LogP contribution < -0.4 is 11.1 Å². The van der Waals surface area contributed by atoms with Crippen molar-refractivity contribution in [3.05, 3.63) is 46.5 Å². The summed E-state index contributed by atoms with van der Waals surface area (Å²) in [5.41, 5.74) is 6.96. The van der Waals surface area contributed by atoms with Crippen LogP contribution in [0.1, 0.15) is 28.5 Å². The van der Waals surface area contributed by atoms with Crippen molar-refractivity contribution in [2.75, 3.05) is 0 Å². The van der Waals surface area contributed by atoms with E-state index in [-0.39, 0.29) is 0 Å². The Kier molecular flexibility index (Phi) is 6.54. The molecule has 0 saturated carbocycles. The van der Waals surface area contributed by atoms with E-state index in [1.165, 1.54) is 18.7 Å². The van der Waals surface area contributed by atoms with E-state index in [0.29, 0.717) is 11.3 Å². The number of carbonyl (C=O) groups is 3. The second kappa shape index (κ2) is 8.63. The van der Waals surface area contributed by atoms with E-state index in [9.17, 15) is 14.4 Å². The largest absolute Gasteiger partial charge is 0.449 e. The maximum atomic E-state index is 12.3. The first-order valence-electron chi connectivity index (χ1n) is 7.31. The molecule has 1 heterocycles. The zero-order valence-corrected chi connectivity index (χ0v) is 15.3. The SMILES string of the molecule is Cc1csc(SCc2ccccc2C(=O)O[C@@H](C)C(=O)NC(N)=O)n1. The summed E-state index contributed by atoms with van der Waals surface area (Å²) in [5.74, 6) is -0.871. The summed E-state index contributed by atoms with van der Waals surface area (Å²) in [4.78, 5) is 39.0. The van der Waals surface area contributed by atoms with Crippen molar-refractivity contribution in [3.8, 4) is 0 Å². The molecule has 9 heteroatoms. The average molecular weight is 379 g/mol. The fourth-order valence-electron chi connectivity index (χ4n) is 1.88. The van der Waals surface area contributed by atoms with Crippen LogP contribution in [-0.2, 0) is 15.3 Å². The van der Waals surface area contributed by atoms with Gasteiger partial charge in [0.15, 0.2) is 6.10 Å². The number of benzene rings is 1. The van der Waals surface area contributed by atoms with E-state index in [2.05, 4.69) is 4.98 Å². The number of amides is 3. The lowest BCUT2D eigenvalue weighted by molar-refractivity contribution is -0.127. The fraction of sp³-hybridized carbons (Fsp3) is 0.250. The highest BCUT2D eigenvalue weighted by Crippen LogP contribution is 2.27. The lowest BCUT2D eigenvalue weighted by atomic mass is 10.1. The van der Waals surface area contributed by atoms with E-state index in [1.54, 1.807) is 23.5 Å². The van der Waals surface area contributed by atoms with Gasteiger partial charge in [-0.1, -0.05) is 30.0 Å². The van der Waals surface area contributed by atoms with Gasteiger partial charge < -0.3 is 10.5 Å². The molecule has 3 N–H and O–H groups in total. The summed E-state index contributed by atoms with van der Waals surface area (Å²) in [6.45, 7) is 3.29. The molecule has 3 amide bonds. The Balaban J connectivity index is 2.04. The number of thioether (sulfide) groups is 1. The van der Waals surface area contributed by atoms with Gasteiger partial charge in [0.1, 0.15) is 4.34 Å². The van der Waals surface area contributed by atoms with E-state index >= 15 is 0 Å². The van der Waals surface area contributed by atoms with Crippen LogP contribution in [0.2, 0.25) is 0 Å². The molecule has 132 valence electrons. The third-order valence-corrected chi connectivity index (χ3v) is 5.27. The van der Waals surface area contributed by atoms with Gasteiger partial charge in [-0.15, -0.1) is 11.3 Å². The molecule has 1 aromatic heterocycles. The highest BCUT2D eigenvalue weighted by Gasteiger charge is 2.21. The number of aryl methyl sites for hydroxylation is 1. The van der Waals surface area contributed by atoms with E-state index < -0.39 is 24.0 Å². The second-order valence-corrected chi connectivity index (χ2v) is 7.18. The zero-order valence-electron chi connectivity index (χ0n) is 13.6. The molecule has 0 aliphatic heterocycles. The van der Waals surface area contributed by atoms with Gasteiger partial charge in [-0.2, -0.15) is 0 Å². The van der Waals surface area contributed by atoms with Crippen LogP contribution in [0.25, 0.3) is 0 Å². The summed E-state index contributed by atoms with van der Waals surface area (Å²) in [6.07, 6.45) is -1.14. The molecule has 1 aromatic carbocycles. The van der Waals surface area contributed by atoms with Crippen molar-refractivity contribution in [2.45, 2.75) is 30.0 Å². The number of urea groups is 1. The van der Waals surface area contributed by atoms with E-state index in [0.717, 1.165) is 15.6 Å². The molecule has 7 nitrogen and oxygen atoms in total. The second-order valence-electron chi connectivity index (χ2n) is 5.10. The third kappa shape index (κ3) is 5.57. The quantitative estimate of drug-likeness (QED) is 0.589. The van der Waals surface area contributed by atoms with Crippen molar-refractivity contribution in [1.82, 2.24) is 10.3 Å². The van der Waals surface area contributed by atoms with Gasteiger partial charge in [0.2, 0.25) is 0 Å². The first kappa shape index (κ1) is 18.9. The summed E-state index contributed by atoms with van der Waals surface area (Å²) in [7, 11) is 0. The number of primary amides is 1. The number of imide groups is 1. The van der Waals surface area contributed by atoms with Crippen molar-refractivity contribution < 1.29 is 19.1 Å². The summed E-state index contributed by atoms with van der Waals surface area (Å²) in [6, 6.07) is 5.99. The lowest BCUT2D eigenvalue weighted by Crippen LogP contribution is -2.42. The van der Waals surface area contributed by atoms with Gasteiger partial charge in [-0.25, -0.2) is 14.6 Å². The molecular formula is C16H17N3O4S2. The molecule has 1 atom stereocenters. The maximum absolute atomic E-state index is 12.3. The molecule has 0 unspecified atom stereocenters. The molecule has 0 saturated heterocycles. The van der Waals surface area contributed by atoms with Crippen molar-refractivity contribution in [2.24, 2.45) is 5.73 Å². The molecule has 0 radical (unpaired) electrons. The number of nitrogens with zero attached hydrogens (tertiary/aromatic N) is 1. The third-order valence-electron chi connectivity index (χ3n) is 3.09. The number of thiazole rings is 1. The normalized spacial score (nSPS) is 11.6. The van der Waals surface area contributed by atoms with Gasteiger partial charge in [-0.05, 0) is 25.5 Å². The van der Waals surface area contributed by atoms with Crippen molar-refractivity contribution >= 4 is 41.0 Å². The van der Waals surface area contributed by atoms with E-state index in [4.69, 9.17) is 10.5 Å². The van der Waals surface area contributed by atoms with Gasteiger partial charge in [-0.3, -0.25) is 10.1 Å². The minimum absolute atomic E-state index is 0.363. The molecule has 0 spiro atoms. The van der Waals surface area contributed by atoms with Crippen LogP contribution in [0.15, 0.2) is 34.0 Å². The molecule has 0 aliphatic carbocycles. The number of carbonyl (C=O) groups excluding carboxylic acids is 3. The van der Waals surface area contributed by atoms with Crippen LogP contribution in [0.5, 0.6) is 0 Å². The van der Waals surface area contributed by atoms with Crippen LogP contribution in [0.3, 0.4) is 0 Å². The molecule has 2 rings (SSSR count). The first-order valence-corrected chi connectivity index (χ1v) is 9.17. The summed E-state index contributed by atoms with van der Waals surface area (Å²) < 4.78 is 6.03. The summed E-state index contributed by atoms with van der Waals surface area (Å²) >= 11 is 3.06. The molecular weight excluding hydrogens is 362 g/mol. The molecule has 0 bridgehead atoms. The molecule has 2 aromatic rings. The first-order chi connectivity index (χ1) is 11.9. The van der Waals surface area contributed by atoms with Crippen LogP contribution in [-0.4, -0.2) is 29.0 Å². The topological polar surface area (TPSA) is 111 Å². The smallest absolute Gasteiger partial charge is 0.339 e. The lowest BCUT2D eigenvalue weighted by Gasteiger charge is -2.13. The molecule has 0 aliphatic rings. The number of rotatable bonds is 6. The van der Waals surface area contributed by atoms with E-state index in [1.807, 2.05) is 29.8 Å². The minimum atomic E-state index is -1.14. The Labute approximate surface area is 153 Å². The number of esters is 1. The minimum Gasteiger partial charge on any atom is -0.449 e. The number of nitrogens with one attached hydrogen (secondary N) is 1. The standard InChI is InChI=1S/C16H17N3O4S2/c1-9-7-24-16(18-9)25-8-11-5-3-4-6-12(11)14(21)23-10(2)13(20)19-15(17)22/h3-7,10H,8H2,1-2H3,(H3,17,19,20,22)/t10-/m0/s1. The van der Waals surface area contributed by atoms with Gasteiger partial charge >= 0.3 is 12.0 Å². The average Bonchev–Trinajstić information content (AvgIpc) is 2.98. The van der Waals surface area contributed by atoms with Gasteiger partial charge in [0.25, 0.3) is 5.91 Å². The number of aromatic nitrogens is 1. The Morgan fingerprint density at radius 3 is 2.72 bits per heavy atom. The fourth-order valence-corrected chi connectivity index (χ4v) is 3.74. The van der Waals surface area contributed by atoms with Crippen LogP contribution in [0.4, 0.5) is 4.79 Å². The van der Waals surface area contributed by atoms with Crippen molar-refractivity contribution in [3.63, 3.8) is 0 Å². The monoisotopic (exact) mass is 379 g/mol. The van der Waals surface area contributed by atoms with Gasteiger partial charge in [0.05, 0.1) is 5.56 Å². The number of ether oxygens (including phenoxy) is 1. The predicted octanol–water partition coefficient (Wildman–Crippen LogP) is 2.48. The summed E-state index contributed by atoms with van der Waals surface area (Å²) in [5, 5.41) is 3.83. The molecule has 0 fully saturated rings. The zero-order chi connectivity index (χ0) is 18.4. The van der Waals surface area contributed by atoms with Crippen molar-refractivity contribution in [1.29, 1.82) is 0 Å². The molecule has 25 heavy (non-hydrogen) atoms.